The fraction of sp³-hybridized carbons (Fsp3) is 0.333. The van der Waals surface area contributed by atoms with Gasteiger partial charge in [0.25, 0.3) is 5.91 Å². The Balaban J connectivity index is 1.67. The van der Waals surface area contributed by atoms with Gasteiger partial charge in [-0.15, -0.1) is 11.3 Å². The van der Waals surface area contributed by atoms with Gasteiger partial charge in [-0.3, -0.25) is 9.48 Å². The molecule has 2 N–H and O–H groups in total. The van der Waals surface area contributed by atoms with Gasteiger partial charge in [0.15, 0.2) is 0 Å². The first-order valence-electron chi connectivity index (χ1n) is 9.32. The van der Waals surface area contributed by atoms with E-state index in [1.807, 2.05) is 51.5 Å². The first-order chi connectivity index (χ1) is 13.2. The van der Waals surface area contributed by atoms with Crippen molar-refractivity contribution in [2.75, 3.05) is 13.1 Å². The molecule has 3 aromatic rings. The van der Waals surface area contributed by atoms with E-state index in [9.17, 15) is 4.79 Å². The van der Waals surface area contributed by atoms with Crippen molar-refractivity contribution >= 4 is 17.2 Å². The summed E-state index contributed by atoms with van der Waals surface area (Å²) in [4.78, 5) is 16.3. The monoisotopic (exact) mass is 380 g/mol. The predicted octanol–water partition coefficient (Wildman–Crippen LogP) is 3.47. The summed E-state index contributed by atoms with van der Waals surface area (Å²) in [5.41, 5.74) is 8.45. The molecule has 1 aromatic carbocycles. The van der Waals surface area contributed by atoms with Crippen LogP contribution in [0.3, 0.4) is 0 Å². The highest BCUT2D eigenvalue weighted by Crippen LogP contribution is 2.30. The SMILES string of the molecule is CC1CC(CN)CN1C(=O)c1cn(Cc2ccccc2)nc1-c1cccs1. The molecule has 2 aromatic heterocycles. The number of benzene rings is 1. The molecule has 140 valence electrons. The third kappa shape index (κ3) is 3.68. The maximum absolute atomic E-state index is 13.3. The average Bonchev–Trinajstić information content (AvgIpc) is 3.41. The fourth-order valence-corrected chi connectivity index (χ4v) is 4.50. The van der Waals surface area contributed by atoms with Crippen molar-refractivity contribution < 1.29 is 4.79 Å². The maximum Gasteiger partial charge on any atom is 0.257 e. The van der Waals surface area contributed by atoms with E-state index in [1.165, 1.54) is 0 Å². The van der Waals surface area contributed by atoms with E-state index in [4.69, 9.17) is 10.8 Å². The number of likely N-dealkylation sites (tertiary alicyclic amines) is 1. The molecule has 27 heavy (non-hydrogen) atoms. The minimum absolute atomic E-state index is 0.0566. The van der Waals surface area contributed by atoms with Gasteiger partial charge in [-0.1, -0.05) is 36.4 Å². The Labute approximate surface area is 163 Å². The minimum atomic E-state index is 0.0566. The number of carbonyl (C=O) groups is 1. The first-order valence-corrected chi connectivity index (χ1v) is 10.2. The van der Waals surface area contributed by atoms with Gasteiger partial charge in [0.05, 0.1) is 17.0 Å². The van der Waals surface area contributed by atoms with Crippen molar-refractivity contribution in [1.29, 1.82) is 0 Å². The van der Waals surface area contributed by atoms with E-state index in [0.29, 0.717) is 24.6 Å². The molecule has 6 heteroatoms. The van der Waals surface area contributed by atoms with Gasteiger partial charge in [0.2, 0.25) is 0 Å². The summed E-state index contributed by atoms with van der Waals surface area (Å²) in [6, 6.07) is 14.4. The predicted molar refractivity (Wildman–Crippen MR) is 109 cm³/mol. The summed E-state index contributed by atoms with van der Waals surface area (Å²) in [6.45, 7) is 4.10. The van der Waals surface area contributed by atoms with Crippen molar-refractivity contribution in [3.8, 4) is 10.6 Å². The molecule has 5 nitrogen and oxygen atoms in total. The van der Waals surface area contributed by atoms with Gasteiger partial charge in [-0.2, -0.15) is 5.10 Å². The normalized spacial score (nSPS) is 19.6. The number of carbonyl (C=O) groups excluding carboxylic acids is 1. The molecule has 4 rings (SSSR count). The Morgan fingerprint density at radius 1 is 1.26 bits per heavy atom. The van der Waals surface area contributed by atoms with Gasteiger partial charge in [0.1, 0.15) is 5.69 Å². The highest BCUT2D eigenvalue weighted by molar-refractivity contribution is 7.13. The second kappa shape index (κ2) is 7.66. The largest absolute Gasteiger partial charge is 0.335 e. The summed E-state index contributed by atoms with van der Waals surface area (Å²) in [5, 5.41) is 6.78. The maximum atomic E-state index is 13.3. The lowest BCUT2D eigenvalue weighted by molar-refractivity contribution is 0.0744. The second-order valence-electron chi connectivity index (χ2n) is 7.20. The number of nitrogens with zero attached hydrogens (tertiary/aromatic N) is 3. The molecule has 1 saturated heterocycles. The Bertz CT molecular complexity index is 904. The van der Waals surface area contributed by atoms with E-state index in [0.717, 1.165) is 29.1 Å². The third-order valence-corrected chi connectivity index (χ3v) is 6.07. The van der Waals surface area contributed by atoms with Crippen molar-refractivity contribution in [3.63, 3.8) is 0 Å². The van der Waals surface area contributed by atoms with Crippen LogP contribution in [0.15, 0.2) is 54.0 Å². The van der Waals surface area contributed by atoms with Crippen molar-refractivity contribution in [1.82, 2.24) is 14.7 Å². The Kier molecular flexibility index (Phi) is 5.09. The van der Waals surface area contributed by atoms with Crippen LogP contribution in [0.1, 0.15) is 29.3 Å². The van der Waals surface area contributed by atoms with Crippen LogP contribution in [0.5, 0.6) is 0 Å². The number of hydrogen-bond donors (Lipinski definition) is 1. The van der Waals surface area contributed by atoms with Gasteiger partial charge < -0.3 is 10.6 Å². The molecule has 1 aliphatic heterocycles. The van der Waals surface area contributed by atoms with Crippen LogP contribution < -0.4 is 5.73 Å². The average molecular weight is 381 g/mol. The van der Waals surface area contributed by atoms with Crippen LogP contribution >= 0.6 is 11.3 Å². The van der Waals surface area contributed by atoms with E-state index < -0.39 is 0 Å². The number of amides is 1. The molecule has 1 amide bonds. The summed E-state index contributed by atoms with van der Waals surface area (Å²) in [7, 11) is 0. The van der Waals surface area contributed by atoms with E-state index in [-0.39, 0.29) is 11.9 Å². The highest BCUT2D eigenvalue weighted by Gasteiger charge is 2.34. The number of thiophene rings is 1. The highest BCUT2D eigenvalue weighted by atomic mass is 32.1. The van der Waals surface area contributed by atoms with Crippen LogP contribution in [0.25, 0.3) is 10.6 Å². The molecule has 3 heterocycles. The number of aromatic nitrogens is 2. The third-order valence-electron chi connectivity index (χ3n) is 5.19. The van der Waals surface area contributed by atoms with Crippen LogP contribution in [-0.2, 0) is 6.54 Å². The van der Waals surface area contributed by atoms with Crippen molar-refractivity contribution in [2.45, 2.75) is 25.9 Å². The van der Waals surface area contributed by atoms with E-state index >= 15 is 0 Å². The molecular weight excluding hydrogens is 356 g/mol. The molecule has 0 radical (unpaired) electrons. The van der Waals surface area contributed by atoms with Gasteiger partial charge >= 0.3 is 0 Å². The van der Waals surface area contributed by atoms with Crippen LogP contribution in [0.4, 0.5) is 0 Å². The van der Waals surface area contributed by atoms with Crippen LogP contribution in [0, 0.1) is 5.92 Å². The van der Waals surface area contributed by atoms with Gasteiger partial charge in [-0.05, 0) is 42.8 Å². The Morgan fingerprint density at radius 2 is 2.07 bits per heavy atom. The quantitative estimate of drug-likeness (QED) is 0.737. The number of rotatable bonds is 5. The molecule has 0 bridgehead atoms. The zero-order chi connectivity index (χ0) is 18.8. The molecule has 2 atom stereocenters. The van der Waals surface area contributed by atoms with Crippen molar-refractivity contribution in [2.24, 2.45) is 11.7 Å². The summed E-state index contributed by atoms with van der Waals surface area (Å²) >= 11 is 1.61. The van der Waals surface area contributed by atoms with Crippen molar-refractivity contribution in [3.05, 3.63) is 65.2 Å². The number of nitrogens with two attached hydrogens (primary N) is 1. The topological polar surface area (TPSA) is 64.2 Å². The fourth-order valence-electron chi connectivity index (χ4n) is 3.78. The van der Waals surface area contributed by atoms with E-state index in [1.54, 1.807) is 11.3 Å². The van der Waals surface area contributed by atoms with Gasteiger partial charge in [0, 0.05) is 18.8 Å². The summed E-state index contributed by atoms with van der Waals surface area (Å²) in [5.74, 6) is 0.440. The zero-order valence-corrected chi connectivity index (χ0v) is 16.2. The lowest BCUT2D eigenvalue weighted by atomic mass is 10.1. The van der Waals surface area contributed by atoms with Crippen LogP contribution in [-0.4, -0.2) is 39.7 Å². The first kappa shape index (κ1) is 17.9. The summed E-state index contributed by atoms with van der Waals surface area (Å²) in [6.07, 6.45) is 2.86. The summed E-state index contributed by atoms with van der Waals surface area (Å²) < 4.78 is 1.87. The molecule has 0 spiro atoms. The second-order valence-corrected chi connectivity index (χ2v) is 8.14. The molecule has 1 aliphatic rings. The van der Waals surface area contributed by atoms with E-state index in [2.05, 4.69) is 19.1 Å². The Hall–Kier alpha value is -2.44. The Morgan fingerprint density at radius 3 is 2.74 bits per heavy atom. The molecular formula is C21H24N4OS. The standard InChI is InChI=1S/C21H24N4OS/c1-15-10-17(11-22)13-25(15)21(26)18-14-24(12-16-6-3-2-4-7-16)23-20(18)19-8-5-9-27-19/h2-9,14-15,17H,10-13,22H2,1H3. The molecule has 1 fully saturated rings. The van der Waals surface area contributed by atoms with Gasteiger partial charge in [-0.25, -0.2) is 0 Å². The van der Waals surface area contributed by atoms with Crippen LogP contribution in [0.2, 0.25) is 0 Å². The minimum Gasteiger partial charge on any atom is -0.335 e. The molecule has 2 unspecified atom stereocenters. The molecule has 0 saturated carbocycles. The molecule has 0 aliphatic carbocycles. The zero-order valence-electron chi connectivity index (χ0n) is 15.4. The smallest absolute Gasteiger partial charge is 0.257 e. The lowest BCUT2D eigenvalue weighted by Crippen LogP contribution is -2.34. The lowest BCUT2D eigenvalue weighted by Gasteiger charge is -2.21. The number of hydrogen-bond acceptors (Lipinski definition) is 4.